The molecule has 0 saturated heterocycles. The van der Waals surface area contributed by atoms with Crippen LogP contribution in [0.2, 0.25) is 0 Å². The van der Waals surface area contributed by atoms with Crippen LogP contribution in [0.4, 0.5) is 4.79 Å². The zero-order valence-corrected chi connectivity index (χ0v) is 14.8. The predicted molar refractivity (Wildman–Crippen MR) is 97.2 cm³/mol. The van der Waals surface area contributed by atoms with Crippen LogP contribution in [0, 0.1) is 0 Å². The number of hydrogen-bond donors (Lipinski definition) is 1. The third-order valence-electron chi connectivity index (χ3n) is 4.15. The summed E-state index contributed by atoms with van der Waals surface area (Å²) in [6, 6.07) is 18.4. The van der Waals surface area contributed by atoms with Gasteiger partial charge in [-0.25, -0.2) is 4.79 Å². The van der Waals surface area contributed by atoms with Gasteiger partial charge in [0, 0.05) is 25.7 Å². The molecule has 0 fully saturated rings. The lowest BCUT2D eigenvalue weighted by Crippen LogP contribution is -2.29. The summed E-state index contributed by atoms with van der Waals surface area (Å²) in [4.78, 5) is 13.4. The van der Waals surface area contributed by atoms with Crippen molar-refractivity contribution in [1.29, 1.82) is 0 Å². The Bertz CT molecular complexity index is 658. The first-order valence-electron chi connectivity index (χ1n) is 8.35. The minimum absolute atomic E-state index is 0.141. The molecular weight excluding hydrogens is 300 g/mol. The van der Waals surface area contributed by atoms with Gasteiger partial charge in [0.2, 0.25) is 0 Å². The van der Waals surface area contributed by atoms with Crippen molar-refractivity contribution in [2.24, 2.45) is 0 Å². The van der Waals surface area contributed by atoms with E-state index in [4.69, 9.17) is 4.74 Å². The molecule has 2 aromatic rings. The van der Waals surface area contributed by atoms with E-state index >= 15 is 0 Å². The van der Waals surface area contributed by atoms with Crippen LogP contribution in [-0.2, 0) is 0 Å². The van der Waals surface area contributed by atoms with Crippen LogP contribution in [0.1, 0.15) is 44.0 Å². The van der Waals surface area contributed by atoms with Crippen molar-refractivity contribution in [1.82, 2.24) is 10.2 Å². The van der Waals surface area contributed by atoms with Gasteiger partial charge < -0.3 is 15.0 Å². The van der Waals surface area contributed by atoms with E-state index in [2.05, 4.69) is 31.3 Å². The SMILES string of the molecule is CCN(C)C(=O)Oc1cccc([C@H](C)N[C@@H](C)c2ccccc2)c1. The maximum atomic E-state index is 11.9. The summed E-state index contributed by atoms with van der Waals surface area (Å²) in [5.74, 6) is 0.568. The lowest BCUT2D eigenvalue weighted by Gasteiger charge is -2.21. The van der Waals surface area contributed by atoms with E-state index in [0.29, 0.717) is 12.3 Å². The van der Waals surface area contributed by atoms with Gasteiger partial charge in [-0.3, -0.25) is 0 Å². The number of benzene rings is 2. The highest BCUT2D eigenvalue weighted by atomic mass is 16.6. The summed E-state index contributed by atoms with van der Waals surface area (Å²) in [7, 11) is 1.72. The predicted octanol–water partition coefficient (Wildman–Crippen LogP) is 4.55. The monoisotopic (exact) mass is 326 g/mol. The Morgan fingerprint density at radius 1 is 1.04 bits per heavy atom. The molecule has 24 heavy (non-hydrogen) atoms. The fourth-order valence-corrected chi connectivity index (χ4v) is 2.46. The molecule has 0 bridgehead atoms. The average molecular weight is 326 g/mol. The van der Waals surface area contributed by atoms with Crippen LogP contribution in [-0.4, -0.2) is 24.6 Å². The molecule has 0 aliphatic heterocycles. The second-order valence-corrected chi connectivity index (χ2v) is 5.98. The molecule has 1 N–H and O–H groups in total. The third kappa shape index (κ3) is 4.83. The molecular formula is C20H26N2O2. The van der Waals surface area contributed by atoms with Gasteiger partial charge in [0.15, 0.2) is 0 Å². The van der Waals surface area contributed by atoms with Crippen LogP contribution in [0.15, 0.2) is 54.6 Å². The van der Waals surface area contributed by atoms with E-state index in [-0.39, 0.29) is 18.2 Å². The quantitative estimate of drug-likeness (QED) is 0.847. The molecule has 4 heteroatoms. The van der Waals surface area contributed by atoms with Gasteiger partial charge in [-0.1, -0.05) is 42.5 Å². The van der Waals surface area contributed by atoms with E-state index in [1.807, 2.05) is 43.3 Å². The topological polar surface area (TPSA) is 41.6 Å². The van der Waals surface area contributed by atoms with Crippen molar-refractivity contribution in [3.8, 4) is 5.75 Å². The number of carbonyl (C=O) groups excluding carboxylic acids is 1. The molecule has 2 aromatic carbocycles. The first kappa shape index (κ1) is 18.0. The lowest BCUT2D eigenvalue weighted by molar-refractivity contribution is 0.165. The van der Waals surface area contributed by atoms with Crippen molar-refractivity contribution in [3.05, 3.63) is 65.7 Å². The Morgan fingerprint density at radius 3 is 2.33 bits per heavy atom. The number of rotatable bonds is 6. The van der Waals surface area contributed by atoms with Crippen LogP contribution < -0.4 is 10.1 Å². The molecule has 2 rings (SSSR count). The second kappa shape index (κ2) is 8.50. The van der Waals surface area contributed by atoms with Gasteiger partial charge in [0.05, 0.1) is 0 Å². The van der Waals surface area contributed by atoms with Crippen LogP contribution in [0.3, 0.4) is 0 Å². The number of hydrogen-bond acceptors (Lipinski definition) is 3. The maximum absolute atomic E-state index is 11.9. The summed E-state index contributed by atoms with van der Waals surface area (Å²) in [5.41, 5.74) is 2.33. The standard InChI is InChI=1S/C20H26N2O2/c1-5-22(4)20(23)24-19-13-9-12-18(14-19)16(3)21-15(2)17-10-7-6-8-11-17/h6-16,21H,5H2,1-4H3/t15-,16-/m0/s1. The summed E-state index contributed by atoms with van der Waals surface area (Å²) >= 11 is 0. The Morgan fingerprint density at radius 2 is 1.67 bits per heavy atom. The lowest BCUT2D eigenvalue weighted by atomic mass is 10.0. The van der Waals surface area contributed by atoms with Gasteiger partial charge in [-0.15, -0.1) is 0 Å². The smallest absolute Gasteiger partial charge is 0.410 e. The van der Waals surface area contributed by atoms with Crippen molar-refractivity contribution in [2.45, 2.75) is 32.9 Å². The van der Waals surface area contributed by atoms with Crippen molar-refractivity contribution in [3.63, 3.8) is 0 Å². The van der Waals surface area contributed by atoms with Gasteiger partial charge in [-0.05, 0) is 44.0 Å². The van der Waals surface area contributed by atoms with Gasteiger partial charge >= 0.3 is 6.09 Å². The number of ether oxygens (including phenoxy) is 1. The summed E-state index contributed by atoms with van der Waals surface area (Å²) in [6.45, 7) is 6.78. The Hall–Kier alpha value is -2.33. The Labute approximate surface area is 144 Å². The minimum atomic E-state index is -0.340. The second-order valence-electron chi connectivity index (χ2n) is 5.98. The molecule has 0 heterocycles. The van der Waals surface area contributed by atoms with E-state index < -0.39 is 0 Å². The molecule has 4 nitrogen and oxygen atoms in total. The highest BCUT2D eigenvalue weighted by Gasteiger charge is 2.13. The largest absolute Gasteiger partial charge is 0.414 e. The molecule has 0 radical (unpaired) electrons. The number of amides is 1. The van der Waals surface area contributed by atoms with E-state index in [0.717, 1.165) is 5.56 Å². The minimum Gasteiger partial charge on any atom is -0.410 e. The van der Waals surface area contributed by atoms with Gasteiger partial charge in [-0.2, -0.15) is 0 Å². The third-order valence-corrected chi connectivity index (χ3v) is 4.15. The molecule has 2 atom stereocenters. The van der Waals surface area contributed by atoms with E-state index in [9.17, 15) is 4.79 Å². The zero-order chi connectivity index (χ0) is 17.5. The fraction of sp³-hybridized carbons (Fsp3) is 0.350. The summed E-state index contributed by atoms with van der Waals surface area (Å²) < 4.78 is 5.41. The number of nitrogens with one attached hydrogen (secondary N) is 1. The summed E-state index contributed by atoms with van der Waals surface area (Å²) in [6.07, 6.45) is -0.340. The van der Waals surface area contributed by atoms with Gasteiger partial charge in [0.1, 0.15) is 5.75 Å². The Balaban J connectivity index is 2.03. The molecule has 0 aliphatic carbocycles. The first-order valence-corrected chi connectivity index (χ1v) is 8.35. The molecule has 0 spiro atoms. The van der Waals surface area contributed by atoms with Crippen LogP contribution in [0.25, 0.3) is 0 Å². The van der Waals surface area contributed by atoms with Gasteiger partial charge in [0.25, 0.3) is 0 Å². The number of nitrogens with zero attached hydrogens (tertiary/aromatic N) is 1. The van der Waals surface area contributed by atoms with Crippen molar-refractivity contribution >= 4 is 6.09 Å². The normalized spacial score (nSPS) is 13.2. The average Bonchev–Trinajstić information content (AvgIpc) is 2.61. The maximum Gasteiger partial charge on any atom is 0.414 e. The molecule has 0 aliphatic rings. The molecule has 0 aromatic heterocycles. The Kier molecular flexibility index (Phi) is 6.38. The van der Waals surface area contributed by atoms with Crippen molar-refractivity contribution < 1.29 is 9.53 Å². The van der Waals surface area contributed by atoms with E-state index in [1.165, 1.54) is 10.5 Å². The molecule has 128 valence electrons. The summed E-state index contributed by atoms with van der Waals surface area (Å²) in [5, 5.41) is 3.58. The van der Waals surface area contributed by atoms with Crippen molar-refractivity contribution in [2.75, 3.05) is 13.6 Å². The van der Waals surface area contributed by atoms with Crippen LogP contribution >= 0.6 is 0 Å². The molecule has 1 amide bonds. The fourth-order valence-electron chi connectivity index (χ4n) is 2.46. The number of carbonyl (C=O) groups is 1. The molecule has 0 unspecified atom stereocenters. The zero-order valence-electron chi connectivity index (χ0n) is 14.8. The van der Waals surface area contributed by atoms with E-state index in [1.54, 1.807) is 13.1 Å². The first-order chi connectivity index (χ1) is 11.5. The highest BCUT2D eigenvalue weighted by Crippen LogP contribution is 2.23. The highest BCUT2D eigenvalue weighted by molar-refractivity contribution is 5.70. The van der Waals surface area contributed by atoms with Crippen LogP contribution in [0.5, 0.6) is 5.75 Å². The molecule has 0 saturated carbocycles.